The van der Waals surface area contributed by atoms with E-state index < -0.39 is 0 Å². The molecule has 8 rings (SSSR count). The quantitative estimate of drug-likeness (QED) is 0.369. The number of aromatic nitrogens is 5. The predicted molar refractivity (Wildman–Crippen MR) is 147 cm³/mol. The molecule has 1 saturated carbocycles. The van der Waals surface area contributed by atoms with Gasteiger partial charge in [0.1, 0.15) is 16.3 Å². The van der Waals surface area contributed by atoms with Gasteiger partial charge in [0.05, 0.1) is 44.0 Å². The number of ether oxygens (including phenoxy) is 2. The predicted octanol–water partition coefficient (Wildman–Crippen LogP) is 4.00. The molecule has 0 atom stereocenters. The van der Waals surface area contributed by atoms with Gasteiger partial charge >= 0.3 is 0 Å². The van der Waals surface area contributed by atoms with E-state index in [0.717, 1.165) is 95.8 Å². The van der Waals surface area contributed by atoms with Crippen molar-refractivity contribution >= 4 is 38.5 Å². The minimum atomic E-state index is 0.486. The molecule has 38 heavy (non-hydrogen) atoms. The maximum atomic E-state index is 5.66. The molecule has 4 aromatic rings. The van der Waals surface area contributed by atoms with Crippen LogP contribution >= 0.6 is 11.3 Å². The van der Waals surface area contributed by atoms with Gasteiger partial charge in [-0.2, -0.15) is 9.97 Å². The molecule has 198 valence electrons. The van der Waals surface area contributed by atoms with Gasteiger partial charge in [-0.1, -0.05) is 23.5 Å². The molecule has 0 unspecified atom stereocenters. The molecule has 3 aliphatic heterocycles. The fourth-order valence-corrected chi connectivity index (χ4v) is 7.14. The van der Waals surface area contributed by atoms with E-state index in [9.17, 15) is 0 Å². The molecule has 0 bridgehead atoms. The second-order valence-electron chi connectivity index (χ2n) is 11.2. The van der Waals surface area contributed by atoms with E-state index in [1.54, 1.807) is 11.3 Å². The highest BCUT2D eigenvalue weighted by molar-refractivity contribution is 7.18. The Balaban J connectivity index is 1.16. The van der Waals surface area contributed by atoms with E-state index in [4.69, 9.17) is 29.4 Å². The minimum Gasteiger partial charge on any atom is -0.381 e. The fraction of sp³-hybridized carbons (Fsp3) is 0.571. The first kappa shape index (κ1) is 23.2. The van der Waals surface area contributed by atoms with Crippen LogP contribution in [0.25, 0.3) is 27.3 Å². The van der Waals surface area contributed by atoms with E-state index >= 15 is 0 Å². The molecule has 10 heteroatoms. The SMILES string of the molecule is c1ccc2c(c1)nc(C1CC1)n2-c1nc(N2CCOCC2)c2nc(CN3CCC(C4COC4)CC3)sc2n1. The summed E-state index contributed by atoms with van der Waals surface area (Å²) in [5, 5.41) is 1.13. The maximum absolute atomic E-state index is 5.66. The molecule has 4 aliphatic rings. The summed E-state index contributed by atoms with van der Waals surface area (Å²) in [6, 6.07) is 8.35. The lowest BCUT2D eigenvalue weighted by molar-refractivity contribution is -0.0726. The van der Waals surface area contributed by atoms with Crippen molar-refractivity contribution < 1.29 is 9.47 Å². The van der Waals surface area contributed by atoms with Crippen LogP contribution in [0.3, 0.4) is 0 Å². The summed E-state index contributed by atoms with van der Waals surface area (Å²) >= 11 is 1.72. The van der Waals surface area contributed by atoms with Crippen molar-refractivity contribution in [3.05, 3.63) is 35.1 Å². The van der Waals surface area contributed by atoms with Gasteiger partial charge in [0.15, 0.2) is 10.6 Å². The monoisotopic (exact) mass is 531 g/mol. The number of nitrogens with zero attached hydrogens (tertiary/aromatic N) is 7. The van der Waals surface area contributed by atoms with Crippen LogP contribution in [-0.2, 0) is 16.0 Å². The van der Waals surface area contributed by atoms with Crippen molar-refractivity contribution in [2.24, 2.45) is 11.8 Å². The highest BCUT2D eigenvalue weighted by Crippen LogP contribution is 2.42. The molecule has 6 heterocycles. The molecule has 3 aromatic heterocycles. The zero-order chi connectivity index (χ0) is 25.1. The Kier molecular flexibility index (Phi) is 5.82. The first-order valence-electron chi connectivity index (χ1n) is 14.1. The molecule has 4 fully saturated rings. The van der Waals surface area contributed by atoms with Crippen molar-refractivity contribution in [3.8, 4) is 5.95 Å². The lowest BCUT2D eigenvalue weighted by atomic mass is 9.83. The Hall–Kier alpha value is -2.66. The first-order valence-corrected chi connectivity index (χ1v) is 14.9. The second kappa shape index (κ2) is 9.51. The number of morpholine rings is 1. The minimum absolute atomic E-state index is 0.486. The molecule has 0 spiro atoms. The highest BCUT2D eigenvalue weighted by atomic mass is 32.1. The zero-order valence-electron chi connectivity index (χ0n) is 21.6. The number of hydrogen-bond acceptors (Lipinski definition) is 9. The number of hydrogen-bond donors (Lipinski definition) is 0. The van der Waals surface area contributed by atoms with Crippen LogP contribution in [0.4, 0.5) is 5.82 Å². The Bertz CT molecular complexity index is 1460. The lowest BCUT2D eigenvalue weighted by Gasteiger charge is -2.39. The third-order valence-electron chi connectivity index (χ3n) is 8.63. The maximum Gasteiger partial charge on any atom is 0.239 e. The number of thiazole rings is 1. The van der Waals surface area contributed by atoms with Gasteiger partial charge in [-0.05, 0) is 56.8 Å². The summed E-state index contributed by atoms with van der Waals surface area (Å²) in [4.78, 5) is 26.3. The van der Waals surface area contributed by atoms with Crippen LogP contribution in [0.2, 0.25) is 0 Å². The van der Waals surface area contributed by atoms with Crippen LogP contribution in [0, 0.1) is 11.8 Å². The number of rotatable bonds is 6. The summed E-state index contributed by atoms with van der Waals surface area (Å²) in [7, 11) is 0. The Labute approximate surface area is 225 Å². The van der Waals surface area contributed by atoms with Crippen molar-refractivity contribution in [1.29, 1.82) is 0 Å². The van der Waals surface area contributed by atoms with Gasteiger partial charge in [-0.3, -0.25) is 9.47 Å². The summed E-state index contributed by atoms with van der Waals surface area (Å²) in [5.74, 6) is 4.82. The van der Waals surface area contributed by atoms with Crippen molar-refractivity contribution in [1.82, 2.24) is 29.4 Å². The fourth-order valence-electron chi connectivity index (χ4n) is 6.17. The van der Waals surface area contributed by atoms with E-state index in [0.29, 0.717) is 25.1 Å². The van der Waals surface area contributed by atoms with Gasteiger partial charge in [-0.15, -0.1) is 0 Å². The number of benzene rings is 1. The summed E-state index contributed by atoms with van der Waals surface area (Å²) in [6.07, 6.45) is 4.88. The van der Waals surface area contributed by atoms with Crippen LogP contribution in [-0.4, -0.2) is 82.0 Å². The van der Waals surface area contributed by atoms with Gasteiger partial charge in [0, 0.05) is 24.9 Å². The molecular weight excluding hydrogens is 498 g/mol. The average Bonchev–Trinajstić information content (AvgIpc) is 3.58. The number of anilines is 1. The van der Waals surface area contributed by atoms with Crippen molar-refractivity contribution in [2.45, 2.75) is 38.1 Å². The van der Waals surface area contributed by atoms with Crippen LogP contribution in [0.15, 0.2) is 24.3 Å². The second-order valence-corrected chi connectivity index (χ2v) is 12.2. The van der Waals surface area contributed by atoms with Crippen LogP contribution in [0.1, 0.15) is 42.4 Å². The normalized spacial score (nSPS) is 21.9. The smallest absolute Gasteiger partial charge is 0.239 e. The molecule has 1 aliphatic carbocycles. The topological polar surface area (TPSA) is 81.4 Å². The summed E-state index contributed by atoms with van der Waals surface area (Å²) in [6.45, 7) is 8.12. The average molecular weight is 532 g/mol. The number of imidazole rings is 1. The standard InChI is InChI=1S/C28H33N7O2S/c1-2-4-22-21(3-1)29-25(19-5-6-19)35(22)28-31-26(34-11-13-36-14-12-34)24-27(32-28)38-23(30-24)15-33-9-7-18(8-10-33)20-16-37-17-20/h1-4,18-20H,5-17H2. The molecule has 3 saturated heterocycles. The molecule has 0 N–H and O–H groups in total. The number of piperidine rings is 1. The molecule has 0 amide bonds. The van der Waals surface area contributed by atoms with E-state index in [2.05, 4.69) is 38.6 Å². The molecule has 1 aromatic carbocycles. The largest absolute Gasteiger partial charge is 0.381 e. The lowest BCUT2D eigenvalue weighted by Crippen LogP contribution is -2.41. The third kappa shape index (κ3) is 4.18. The van der Waals surface area contributed by atoms with Gasteiger partial charge in [0.2, 0.25) is 5.95 Å². The van der Waals surface area contributed by atoms with Crippen molar-refractivity contribution in [2.75, 3.05) is 57.5 Å². The van der Waals surface area contributed by atoms with Crippen molar-refractivity contribution in [3.63, 3.8) is 0 Å². The Morgan fingerprint density at radius 1 is 0.842 bits per heavy atom. The van der Waals surface area contributed by atoms with Gasteiger partial charge < -0.3 is 14.4 Å². The Morgan fingerprint density at radius 2 is 1.66 bits per heavy atom. The van der Waals surface area contributed by atoms with Gasteiger partial charge in [-0.25, -0.2) is 9.97 Å². The van der Waals surface area contributed by atoms with Crippen LogP contribution < -0.4 is 4.90 Å². The first-order chi connectivity index (χ1) is 18.8. The van der Waals surface area contributed by atoms with E-state index in [-0.39, 0.29) is 0 Å². The highest BCUT2D eigenvalue weighted by Gasteiger charge is 2.33. The van der Waals surface area contributed by atoms with Crippen LogP contribution in [0.5, 0.6) is 0 Å². The number of likely N-dealkylation sites (tertiary alicyclic amines) is 1. The Morgan fingerprint density at radius 3 is 2.42 bits per heavy atom. The molecular formula is C28H33N7O2S. The molecule has 0 radical (unpaired) electrons. The zero-order valence-corrected chi connectivity index (χ0v) is 22.4. The van der Waals surface area contributed by atoms with Gasteiger partial charge in [0.25, 0.3) is 0 Å². The number of fused-ring (bicyclic) bond motifs is 2. The summed E-state index contributed by atoms with van der Waals surface area (Å²) in [5.41, 5.74) is 3.01. The third-order valence-corrected chi connectivity index (χ3v) is 9.57. The van der Waals surface area contributed by atoms with E-state index in [1.165, 1.54) is 25.7 Å². The molecule has 9 nitrogen and oxygen atoms in total. The number of para-hydroxylation sites is 2. The summed E-state index contributed by atoms with van der Waals surface area (Å²) < 4.78 is 13.3. The van der Waals surface area contributed by atoms with E-state index in [1.807, 2.05) is 0 Å².